The van der Waals surface area contributed by atoms with Crippen LogP contribution < -0.4 is 4.16 Å². The average Bonchev–Trinajstić information content (AvgIpc) is 1.91. The Kier molecular flexibility index (Phi) is 6.95. The molecule has 0 heterocycles. The quantitative estimate of drug-likeness (QED) is 0.509. The van der Waals surface area contributed by atoms with Gasteiger partial charge in [-0.2, -0.15) is 0 Å². The van der Waals surface area contributed by atoms with E-state index in [9.17, 15) is 0 Å². The van der Waals surface area contributed by atoms with Crippen LogP contribution in [-0.2, 0) is 22.9 Å². The number of hydrogen-bond acceptors (Lipinski definition) is 1. The van der Waals surface area contributed by atoms with Gasteiger partial charge in [0.1, 0.15) is 0 Å². The van der Waals surface area contributed by atoms with Gasteiger partial charge in [-0.1, -0.05) is 0 Å². The van der Waals surface area contributed by atoms with Crippen molar-refractivity contribution in [2.24, 2.45) is 0 Å². The molecule has 4 heteroatoms. The number of rotatable bonds is 0. The molecule has 10 heavy (non-hydrogen) atoms. The molecule has 0 atom stereocenters. The standard InChI is InChI=1S/C6H5.HO2P.Zn/c1-2-4-6-5-3-1;1-3-2;/h1-5H;(H,1,2);. The van der Waals surface area contributed by atoms with E-state index in [4.69, 9.17) is 9.46 Å². The summed E-state index contributed by atoms with van der Waals surface area (Å²) in [7, 11) is -0.833. The SMILES string of the molecule is O=PO.[Zn][c]1ccccc1. The number of hydrogen-bond donors (Lipinski definition) is 1. The van der Waals surface area contributed by atoms with E-state index in [1.165, 1.54) is 22.5 Å². The van der Waals surface area contributed by atoms with E-state index < -0.39 is 8.69 Å². The molecule has 1 aromatic carbocycles. The molecule has 2 nitrogen and oxygen atoms in total. The van der Waals surface area contributed by atoms with Crippen molar-refractivity contribution in [2.75, 3.05) is 0 Å². The van der Waals surface area contributed by atoms with Crippen LogP contribution in [0.15, 0.2) is 30.3 Å². The van der Waals surface area contributed by atoms with E-state index in [0.29, 0.717) is 0 Å². The van der Waals surface area contributed by atoms with Crippen molar-refractivity contribution >= 4 is 12.8 Å². The zero-order valence-corrected chi connectivity index (χ0v) is 9.26. The third kappa shape index (κ3) is 6.03. The van der Waals surface area contributed by atoms with Crippen LogP contribution in [0, 0.1) is 0 Å². The van der Waals surface area contributed by atoms with Crippen LogP contribution in [0.1, 0.15) is 0 Å². The zero-order valence-electron chi connectivity index (χ0n) is 5.40. The van der Waals surface area contributed by atoms with Gasteiger partial charge in [-0.15, -0.1) is 0 Å². The van der Waals surface area contributed by atoms with Gasteiger partial charge in [0.15, 0.2) is 0 Å². The van der Waals surface area contributed by atoms with Gasteiger partial charge in [0.2, 0.25) is 0 Å². The third-order valence-corrected chi connectivity index (χ3v) is 1.83. The monoisotopic (exact) mass is 205 g/mol. The molecule has 0 bridgehead atoms. The molecule has 1 N–H and O–H groups in total. The van der Waals surface area contributed by atoms with E-state index in [2.05, 4.69) is 24.3 Å². The van der Waals surface area contributed by atoms with Crippen molar-refractivity contribution < 1.29 is 27.8 Å². The molecule has 49 valence electrons. The molecule has 0 amide bonds. The topological polar surface area (TPSA) is 37.3 Å². The zero-order chi connectivity index (χ0) is 7.82. The maximum absolute atomic E-state index is 8.46. The molecule has 0 unspecified atom stereocenters. The second-order valence-corrected chi connectivity index (χ2v) is 3.44. The van der Waals surface area contributed by atoms with E-state index in [1.807, 2.05) is 6.07 Å². The van der Waals surface area contributed by atoms with Crippen LogP contribution in [0.3, 0.4) is 0 Å². The summed E-state index contributed by atoms with van der Waals surface area (Å²) >= 11 is 1.26. The molecule has 0 spiro atoms. The summed E-state index contributed by atoms with van der Waals surface area (Å²) in [6.45, 7) is 0. The Morgan fingerprint density at radius 1 is 1.30 bits per heavy atom. The molecular weight excluding hydrogens is 200 g/mol. The van der Waals surface area contributed by atoms with Gasteiger partial charge >= 0.3 is 61.5 Å². The summed E-state index contributed by atoms with van der Waals surface area (Å²) in [5.41, 5.74) is 0. The Morgan fingerprint density at radius 3 is 1.90 bits per heavy atom. The fourth-order valence-corrected chi connectivity index (χ4v) is 1.05. The fraction of sp³-hybridized carbons (Fsp3) is 0. The summed E-state index contributed by atoms with van der Waals surface area (Å²) < 4.78 is 9.91. The normalized spacial score (nSPS) is 8.30. The van der Waals surface area contributed by atoms with Gasteiger partial charge in [-0.05, 0) is 0 Å². The third-order valence-electron chi connectivity index (χ3n) is 0.843. The van der Waals surface area contributed by atoms with Crippen molar-refractivity contribution in [1.82, 2.24) is 0 Å². The number of benzene rings is 1. The van der Waals surface area contributed by atoms with Crippen molar-refractivity contribution in [2.45, 2.75) is 0 Å². The van der Waals surface area contributed by atoms with Gasteiger partial charge in [0.05, 0.1) is 0 Å². The minimum atomic E-state index is -0.833. The Morgan fingerprint density at radius 2 is 1.70 bits per heavy atom. The van der Waals surface area contributed by atoms with Gasteiger partial charge < -0.3 is 4.89 Å². The average molecular weight is 206 g/mol. The Labute approximate surface area is 71.2 Å². The van der Waals surface area contributed by atoms with E-state index in [-0.39, 0.29) is 0 Å². The predicted molar refractivity (Wildman–Crippen MR) is 35.9 cm³/mol. The van der Waals surface area contributed by atoms with Crippen molar-refractivity contribution in [3.05, 3.63) is 30.3 Å². The molecule has 0 aliphatic carbocycles. The summed E-state index contributed by atoms with van der Waals surface area (Å²) in [6, 6.07) is 10.5. The second kappa shape index (κ2) is 7.02. The minimum absolute atomic E-state index is 0.833. The molecule has 0 radical (unpaired) electrons. The van der Waals surface area contributed by atoms with Crippen LogP contribution in [0.4, 0.5) is 0 Å². The molecule has 0 saturated heterocycles. The van der Waals surface area contributed by atoms with Crippen LogP contribution in [0.2, 0.25) is 0 Å². The Balaban J connectivity index is 0.000000236. The molecule has 0 aliphatic heterocycles. The first-order valence-corrected chi connectivity index (χ1v) is 4.90. The Bertz CT molecular complexity index is 178. The summed E-state index contributed by atoms with van der Waals surface area (Å²) in [6.07, 6.45) is 0. The van der Waals surface area contributed by atoms with E-state index in [1.54, 1.807) is 0 Å². The maximum atomic E-state index is 8.46. The summed E-state index contributed by atoms with van der Waals surface area (Å²) in [5.74, 6) is 0. The fourth-order valence-electron chi connectivity index (χ4n) is 0.478. The molecular formula is C6H6O2PZn. The van der Waals surface area contributed by atoms with Crippen molar-refractivity contribution in [3.63, 3.8) is 0 Å². The van der Waals surface area contributed by atoms with Crippen LogP contribution in [-0.4, -0.2) is 4.89 Å². The molecule has 0 aliphatic rings. The van der Waals surface area contributed by atoms with Gasteiger partial charge in [-0.25, -0.2) is 4.57 Å². The van der Waals surface area contributed by atoms with Crippen molar-refractivity contribution in [1.29, 1.82) is 0 Å². The Hall–Kier alpha value is -0.0966. The van der Waals surface area contributed by atoms with Crippen LogP contribution >= 0.6 is 8.69 Å². The first-order valence-electron chi connectivity index (χ1n) is 2.65. The summed E-state index contributed by atoms with van der Waals surface area (Å²) in [5, 5.41) is 0. The first-order chi connectivity index (χ1) is 4.81. The molecule has 0 saturated carbocycles. The molecule has 1 aromatic rings. The van der Waals surface area contributed by atoms with E-state index in [0.717, 1.165) is 0 Å². The van der Waals surface area contributed by atoms with Crippen molar-refractivity contribution in [3.8, 4) is 0 Å². The van der Waals surface area contributed by atoms with Gasteiger partial charge in [0.25, 0.3) is 0 Å². The first kappa shape index (κ1) is 9.90. The van der Waals surface area contributed by atoms with Crippen LogP contribution in [0.25, 0.3) is 0 Å². The predicted octanol–water partition coefficient (Wildman–Crippen LogP) is 1.04. The second-order valence-electron chi connectivity index (χ2n) is 1.57. The molecule has 1 rings (SSSR count). The van der Waals surface area contributed by atoms with Gasteiger partial charge in [-0.3, -0.25) is 0 Å². The van der Waals surface area contributed by atoms with Crippen LogP contribution in [0.5, 0.6) is 0 Å². The van der Waals surface area contributed by atoms with Gasteiger partial charge in [0, 0.05) is 0 Å². The van der Waals surface area contributed by atoms with E-state index >= 15 is 0 Å². The summed E-state index contributed by atoms with van der Waals surface area (Å²) in [4.78, 5) is 6.99. The molecule has 0 aromatic heterocycles. The molecule has 0 fully saturated rings.